The summed E-state index contributed by atoms with van der Waals surface area (Å²) in [5.41, 5.74) is 3.75. The van der Waals surface area contributed by atoms with Crippen LogP contribution in [0.2, 0.25) is 0 Å². The van der Waals surface area contributed by atoms with Crippen LogP contribution in [0.3, 0.4) is 0 Å². The van der Waals surface area contributed by atoms with Crippen molar-refractivity contribution in [2.24, 2.45) is 5.18 Å². The normalized spacial score (nSPS) is 11.5. The van der Waals surface area contributed by atoms with Crippen molar-refractivity contribution in [2.45, 2.75) is 26.5 Å². The van der Waals surface area contributed by atoms with Gasteiger partial charge in [-0.1, -0.05) is 30.3 Å². The van der Waals surface area contributed by atoms with Gasteiger partial charge in [-0.25, -0.2) is 0 Å². The summed E-state index contributed by atoms with van der Waals surface area (Å²) in [6.45, 7) is 4.37. The molecule has 2 rings (SSSR count). The van der Waals surface area contributed by atoms with Crippen molar-refractivity contribution >= 4 is 0 Å². The first kappa shape index (κ1) is 14.7. The highest BCUT2D eigenvalue weighted by Crippen LogP contribution is 2.23. The van der Waals surface area contributed by atoms with E-state index in [9.17, 15) is 4.91 Å². The van der Waals surface area contributed by atoms with Crippen LogP contribution in [0.25, 0.3) is 0 Å². The molecule has 0 aliphatic rings. The van der Waals surface area contributed by atoms with Gasteiger partial charge >= 0.3 is 0 Å². The Kier molecular flexibility index (Phi) is 4.68. The number of hydrogen-bond acceptors (Lipinski definition) is 4. The second-order valence-corrected chi connectivity index (χ2v) is 4.87. The number of nitroso groups, excluding NO2 is 1. The number of hydrogen-bond donors (Lipinski definition) is 0. The van der Waals surface area contributed by atoms with E-state index in [0.717, 1.165) is 16.9 Å². The second-order valence-electron chi connectivity index (χ2n) is 4.87. The van der Waals surface area contributed by atoms with Gasteiger partial charge in [0.25, 0.3) is 0 Å². The van der Waals surface area contributed by atoms with Crippen LogP contribution < -0.4 is 4.74 Å². The van der Waals surface area contributed by atoms with Crippen LogP contribution in [-0.2, 0) is 6.61 Å². The molecule has 21 heavy (non-hydrogen) atoms. The van der Waals surface area contributed by atoms with Gasteiger partial charge in [-0.15, -0.1) is 4.91 Å². The SMILES string of the molecule is Cc1ccc(OCc2ccccc2C(C#N)N=O)cc1C. The molecule has 1 atom stereocenters. The van der Waals surface area contributed by atoms with Crippen molar-refractivity contribution in [1.29, 1.82) is 5.26 Å². The fourth-order valence-corrected chi connectivity index (χ4v) is 2.05. The predicted molar refractivity (Wildman–Crippen MR) is 80.8 cm³/mol. The molecule has 0 saturated heterocycles. The summed E-state index contributed by atoms with van der Waals surface area (Å²) in [4.78, 5) is 10.7. The molecule has 0 radical (unpaired) electrons. The number of rotatable bonds is 5. The minimum atomic E-state index is -0.996. The molecular weight excluding hydrogens is 264 g/mol. The topological polar surface area (TPSA) is 62.4 Å². The molecule has 0 bridgehead atoms. The summed E-state index contributed by atoms with van der Waals surface area (Å²) < 4.78 is 5.75. The molecule has 0 heterocycles. The zero-order chi connectivity index (χ0) is 15.2. The van der Waals surface area contributed by atoms with Crippen molar-refractivity contribution in [3.05, 3.63) is 69.6 Å². The number of aryl methyl sites for hydroxylation is 2. The Morgan fingerprint density at radius 3 is 2.62 bits per heavy atom. The lowest BCUT2D eigenvalue weighted by Gasteiger charge is -2.12. The summed E-state index contributed by atoms with van der Waals surface area (Å²) in [5, 5.41) is 11.8. The van der Waals surface area contributed by atoms with E-state index in [1.54, 1.807) is 12.1 Å². The molecule has 4 nitrogen and oxygen atoms in total. The standard InChI is InChI=1S/C17H16N2O2/c1-12-7-8-15(9-13(12)2)21-11-14-5-3-4-6-16(14)17(10-18)19-20/h3-9,17H,11H2,1-2H3. The van der Waals surface area contributed by atoms with E-state index in [0.29, 0.717) is 12.2 Å². The third kappa shape index (κ3) is 3.46. The van der Waals surface area contributed by atoms with Crippen LogP contribution in [0.4, 0.5) is 0 Å². The van der Waals surface area contributed by atoms with E-state index in [-0.39, 0.29) is 0 Å². The maximum Gasteiger partial charge on any atom is 0.203 e. The van der Waals surface area contributed by atoms with Gasteiger partial charge in [0.2, 0.25) is 6.04 Å². The molecule has 0 aliphatic heterocycles. The van der Waals surface area contributed by atoms with E-state index in [1.165, 1.54) is 5.56 Å². The zero-order valence-corrected chi connectivity index (χ0v) is 12.0. The molecule has 1 unspecified atom stereocenters. The first-order valence-corrected chi connectivity index (χ1v) is 6.65. The highest BCUT2D eigenvalue weighted by molar-refractivity contribution is 5.36. The fourth-order valence-electron chi connectivity index (χ4n) is 2.05. The van der Waals surface area contributed by atoms with E-state index in [4.69, 9.17) is 10.00 Å². The Morgan fingerprint density at radius 2 is 1.95 bits per heavy atom. The average molecular weight is 280 g/mol. The summed E-state index contributed by atoms with van der Waals surface area (Å²) in [6, 6.07) is 14.0. The second kappa shape index (κ2) is 6.67. The lowest BCUT2D eigenvalue weighted by atomic mass is 10.0. The van der Waals surface area contributed by atoms with Crippen LogP contribution in [0.5, 0.6) is 5.75 Å². The van der Waals surface area contributed by atoms with Gasteiger partial charge in [0.15, 0.2) is 0 Å². The number of nitriles is 1. The van der Waals surface area contributed by atoms with Crippen LogP contribution >= 0.6 is 0 Å². The molecular formula is C17H16N2O2. The van der Waals surface area contributed by atoms with Crippen LogP contribution in [0, 0.1) is 30.1 Å². The molecule has 0 fully saturated rings. The zero-order valence-electron chi connectivity index (χ0n) is 12.0. The molecule has 106 valence electrons. The lowest BCUT2D eigenvalue weighted by Crippen LogP contribution is -2.03. The quantitative estimate of drug-likeness (QED) is 0.770. The van der Waals surface area contributed by atoms with Gasteiger partial charge in [-0.05, 0) is 47.8 Å². The molecule has 2 aromatic rings. The molecule has 0 amide bonds. The van der Waals surface area contributed by atoms with Crippen molar-refractivity contribution in [3.8, 4) is 11.8 Å². The van der Waals surface area contributed by atoms with Crippen LogP contribution in [0.15, 0.2) is 47.6 Å². The Balaban J connectivity index is 2.18. The van der Waals surface area contributed by atoms with Gasteiger partial charge in [0.1, 0.15) is 12.4 Å². The molecule has 0 N–H and O–H groups in total. The van der Waals surface area contributed by atoms with E-state index < -0.39 is 6.04 Å². The van der Waals surface area contributed by atoms with Gasteiger partial charge in [0, 0.05) is 5.56 Å². The Bertz CT molecular complexity index is 689. The van der Waals surface area contributed by atoms with Crippen molar-refractivity contribution in [2.75, 3.05) is 0 Å². The van der Waals surface area contributed by atoms with Crippen molar-refractivity contribution in [1.82, 2.24) is 0 Å². The summed E-state index contributed by atoms with van der Waals surface area (Å²) in [6.07, 6.45) is 0. The van der Waals surface area contributed by atoms with Gasteiger partial charge in [0.05, 0.1) is 6.07 Å². The Labute approximate surface area is 124 Å². The third-order valence-corrected chi connectivity index (χ3v) is 3.45. The molecule has 0 saturated carbocycles. The highest BCUT2D eigenvalue weighted by Gasteiger charge is 2.14. The van der Waals surface area contributed by atoms with Gasteiger partial charge in [-0.2, -0.15) is 5.26 Å². The minimum Gasteiger partial charge on any atom is -0.489 e. The van der Waals surface area contributed by atoms with E-state index in [2.05, 4.69) is 5.18 Å². The largest absolute Gasteiger partial charge is 0.489 e. The summed E-state index contributed by atoms with van der Waals surface area (Å²) in [5.74, 6) is 0.764. The number of benzene rings is 2. The summed E-state index contributed by atoms with van der Waals surface area (Å²) >= 11 is 0. The van der Waals surface area contributed by atoms with Crippen LogP contribution in [0.1, 0.15) is 28.3 Å². The number of ether oxygens (including phenoxy) is 1. The predicted octanol–water partition coefficient (Wildman–Crippen LogP) is 4.21. The Hall–Kier alpha value is -2.67. The number of nitrogens with zero attached hydrogens (tertiary/aromatic N) is 2. The average Bonchev–Trinajstić information content (AvgIpc) is 2.51. The first-order valence-electron chi connectivity index (χ1n) is 6.65. The molecule has 2 aromatic carbocycles. The maximum atomic E-state index is 10.7. The van der Waals surface area contributed by atoms with E-state index >= 15 is 0 Å². The van der Waals surface area contributed by atoms with Crippen molar-refractivity contribution < 1.29 is 4.74 Å². The Morgan fingerprint density at radius 1 is 1.19 bits per heavy atom. The van der Waals surface area contributed by atoms with Gasteiger partial charge < -0.3 is 4.74 Å². The lowest BCUT2D eigenvalue weighted by molar-refractivity contribution is 0.304. The smallest absolute Gasteiger partial charge is 0.203 e. The monoisotopic (exact) mass is 280 g/mol. The fraction of sp³-hybridized carbons (Fsp3) is 0.235. The molecule has 0 aliphatic carbocycles. The maximum absolute atomic E-state index is 10.7. The minimum absolute atomic E-state index is 0.298. The van der Waals surface area contributed by atoms with Crippen molar-refractivity contribution in [3.63, 3.8) is 0 Å². The molecule has 4 heteroatoms. The van der Waals surface area contributed by atoms with Crippen LogP contribution in [-0.4, -0.2) is 0 Å². The van der Waals surface area contributed by atoms with E-state index in [1.807, 2.05) is 50.2 Å². The first-order chi connectivity index (χ1) is 10.2. The molecule has 0 spiro atoms. The highest BCUT2D eigenvalue weighted by atomic mass is 16.5. The van der Waals surface area contributed by atoms with Gasteiger partial charge in [-0.3, -0.25) is 0 Å². The summed E-state index contributed by atoms with van der Waals surface area (Å²) in [7, 11) is 0. The molecule has 0 aromatic heterocycles. The third-order valence-electron chi connectivity index (χ3n) is 3.45.